The molecule has 0 saturated heterocycles. The van der Waals surface area contributed by atoms with Gasteiger partial charge in [-0.25, -0.2) is 0 Å². The van der Waals surface area contributed by atoms with E-state index in [4.69, 9.17) is 21.1 Å². The number of benzene rings is 1. The minimum atomic E-state index is -0.937. The van der Waals surface area contributed by atoms with Gasteiger partial charge in [-0.05, 0) is 12.8 Å². The monoisotopic (exact) mass is 320 g/mol. The van der Waals surface area contributed by atoms with Crippen molar-refractivity contribution < 1.29 is 14.3 Å². The Labute approximate surface area is 134 Å². The number of nitriles is 1. The first-order chi connectivity index (χ1) is 10.6. The first-order valence-electron chi connectivity index (χ1n) is 7.46. The smallest absolute Gasteiger partial charge is 0.244 e. The predicted octanol–water partition coefficient (Wildman–Crippen LogP) is 3.52. The van der Waals surface area contributed by atoms with Crippen LogP contribution in [0.5, 0.6) is 11.5 Å². The quantitative estimate of drug-likeness (QED) is 0.905. The predicted molar refractivity (Wildman–Crippen MR) is 82.2 cm³/mol. The molecule has 1 heterocycles. The van der Waals surface area contributed by atoms with Crippen molar-refractivity contribution in [2.24, 2.45) is 5.41 Å². The average Bonchev–Trinajstić information content (AvgIpc) is 2.90. The standard InChI is InChI=1S/C16H17ClN2O3/c17-11-8-13-14(22-7-3-6-21-13)9-12(11)19-15(20)16(10-18)4-1-2-5-16/h8-9H,1-7H2,(H,19,20). The zero-order valence-electron chi connectivity index (χ0n) is 12.2. The molecule has 1 aromatic carbocycles. The Bertz CT molecular complexity index is 633. The first kappa shape index (κ1) is 15.0. The Morgan fingerprint density at radius 1 is 1.18 bits per heavy atom. The van der Waals surface area contributed by atoms with Gasteiger partial charge in [0.25, 0.3) is 0 Å². The maximum Gasteiger partial charge on any atom is 0.244 e. The highest BCUT2D eigenvalue weighted by atomic mass is 35.5. The summed E-state index contributed by atoms with van der Waals surface area (Å²) in [5.41, 5.74) is -0.481. The zero-order chi connectivity index (χ0) is 15.6. The summed E-state index contributed by atoms with van der Waals surface area (Å²) in [6.45, 7) is 1.14. The van der Waals surface area contributed by atoms with Crippen molar-refractivity contribution in [2.45, 2.75) is 32.1 Å². The summed E-state index contributed by atoms with van der Waals surface area (Å²) in [5, 5.41) is 12.5. The molecule has 3 rings (SSSR count). The van der Waals surface area contributed by atoms with E-state index >= 15 is 0 Å². The second-order valence-electron chi connectivity index (χ2n) is 5.68. The summed E-state index contributed by atoms with van der Waals surface area (Å²) in [7, 11) is 0. The van der Waals surface area contributed by atoms with Crippen LogP contribution in [0.2, 0.25) is 5.02 Å². The van der Waals surface area contributed by atoms with Gasteiger partial charge in [0.1, 0.15) is 5.41 Å². The maximum absolute atomic E-state index is 12.5. The third-order valence-corrected chi connectivity index (χ3v) is 4.50. The molecule has 1 aromatic rings. The third-order valence-electron chi connectivity index (χ3n) is 4.19. The maximum atomic E-state index is 12.5. The molecule has 0 spiro atoms. The second-order valence-corrected chi connectivity index (χ2v) is 6.09. The summed E-state index contributed by atoms with van der Waals surface area (Å²) in [6.07, 6.45) is 3.78. The fourth-order valence-electron chi connectivity index (χ4n) is 2.89. The number of amides is 1. The van der Waals surface area contributed by atoms with Crippen molar-refractivity contribution in [3.8, 4) is 17.6 Å². The normalized spacial score (nSPS) is 19.1. The molecule has 1 amide bonds. The topological polar surface area (TPSA) is 71.4 Å². The highest BCUT2D eigenvalue weighted by molar-refractivity contribution is 6.34. The number of ether oxygens (including phenoxy) is 2. The van der Waals surface area contributed by atoms with Crippen molar-refractivity contribution in [2.75, 3.05) is 18.5 Å². The number of anilines is 1. The first-order valence-corrected chi connectivity index (χ1v) is 7.84. The van der Waals surface area contributed by atoms with Gasteiger partial charge in [0.2, 0.25) is 5.91 Å². The van der Waals surface area contributed by atoms with Crippen LogP contribution < -0.4 is 14.8 Å². The molecule has 2 aliphatic rings. The molecule has 22 heavy (non-hydrogen) atoms. The van der Waals surface area contributed by atoms with Crippen LogP contribution in [0.15, 0.2) is 12.1 Å². The molecule has 1 N–H and O–H groups in total. The number of halogens is 1. The van der Waals surface area contributed by atoms with E-state index in [0.717, 1.165) is 19.3 Å². The van der Waals surface area contributed by atoms with Gasteiger partial charge < -0.3 is 14.8 Å². The lowest BCUT2D eigenvalue weighted by Crippen LogP contribution is -2.32. The van der Waals surface area contributed by atoms with Gasteiger partial charge in [0.15, 0.2) is 11.5 Å². The molecule has 1 fully saturated rings. The molecular weight excluding hydrogens is 304 g/mol. The van der Waals surface area contributed by atoms with Crippen molar-refractivity contribution >= 4 is 23.2 Å². The Hall–Kier alpha value is -1.93. The van der Waals surface area contributed by atoms with E-state index in [1.165, 1.54) is 0 Å². The lowest BCUT2D eigenvalue weighted by Gasteiger charge is -2.20. The number of nitrogens with zero attached hydrogens (tertiary/aromatic N) is 1. The lowest BCUT2D eigenvalue weighted by molar-refractivity contribution is -0.122. The molecule has 1 aliphatic carbocycles. The Morgan fingerprint density at radius 2 is 1.82 bits per heavy atom. The second kappa shape index (κ2) is 6.05. The summed E-state index contributed by atoms with van der Waals surface area (Å²) >= 11 is 6.22. The number of nitrogens with one attached hydrogen (secondary N) is 1. The van der Waals surface area contributed by atoms with Crippen LogP contribution in [0.3, 0.4) is 0 Å². The number of hydrogen-bond donors (Lipinski definition) is 1. The van der Waals surface area contributed by atoms with Crippen molar-refractivity contribution in [3.05, 3.63) is 17.2 Å². The van der Waals surface area contributed by atoms with Gasteiger partial charge in [0.05, 0.1) is 30.0 Å². The van der Waals surface area contributed by atoms with E-state index in [1.54, 1.807) is 12.1 Å². The van der Waals surface area contributed by atoms with E-state index in [2.05, 4.69) is 11.4 Å². The van der Waals surface area contributed by atoms with Crippen LogP contribution in [-0.2, 0) is 4.79 Å². The molecule has 116 valence electrons. The van der Waals surface area contributed by atoms with Gasteiger partial charge in [-0.3, -0.25) is 4.79 Å². The zero-order valence-corrected chi connectivity index (χ0v) is 12.9. The fourth-order valence-corrected chi connectivity index (χ4v) is 3.09. The van der Waals surface area contributed by atoms with Crippen LogP contribution in [0.25, 0.3) is 0 Å². The minimum Gasteiger partial charge on any atom is -0.490 e. The van der Waals surface area contributed by atoms with Crippen LogP contribution in [-0.4, -0.2) is 19.1 Å². The molecule has 1 aliphatic heterocycles. The van der Waals surface area contributed by atoms with Crippen LogP contribution in [0.4, 0.5) is 5.69 Å². The molecule has 0 aromatic heterocycles. The number of fused-ring (bicyclic) bond motifs is 1. The summed E-state index contributed by atoms with van der Waals surface area (Å²) in [5.74, 6) is 0.856. The van der Waals surface area contributed by atoms with Crippen LogP contribution in [0, 0.1) is 16.7 Å². The van der Waals surface area contributed by atoms with Crippen LogP contribution in [0.1, 0.15) is 32.1 Å². The van der Waals surface area contributed by atoms with Gasteiger partial charge in [0, 0.05) is 18.6 Å². The third kappa shape index (κ3) is 2.71. The summed E-state index contributed by atoms with van der Waals surface area (Å²) < 4.78 is 11.2. The van der Waals surface area contributed by atoms with E-state index in [1.807, 2.05) is 0 Å². The number of rotatable bonds is 2. The Balaban J connectivity index is 1.85. The van der Waals surface area contributed by atoms with E-state index in [-0.39, 0.29) is 5.91 Å². The average molecular weight is 321 g/mol. The molecular formula is C16H17ClN2O3. The number of carbonyl (C=O) groups is 1. The highest BCUT2D eigenvalue weighted by Crippen LogP contribution is 2.41. The van der Waals surface area contributed by atoms with Crippen molar-refractivity contribution in [3.63, 3.8) is 0 Å². The highest BCUT2D eigenvalue weighted by Gasteiger charge is 2.41. The Morgan fingerprint density at radius 3 is 2.45 bits per heavy atom. The fraction of sp³-hybridized carbons (Fsp3) is 0.500. The number of hydrogen-bond acceptors (Lipinski definition) is 4. The number of carbonyl (C=O) groups excluding carboxylic acids is 1. The van der Waals surface area contributed by atoms with Gasteiger partial charge >= 0.3 is 0 Å². The Kier molecular flexibility index (Phi) is 4.12. The van der Waals surface area contributed by atoms with Gasteiger partial charge in [-0.2, -0.15) is 5.26 Å². The molecule has 6 heteroatoms. The van der Waals surface area contributed by atoms with E-state index in [0.29, 0.717) is 48.3 Å². The van der Waals surface area contributed by atoms with Crippen molar-refractivity contribution in [1.82, 2.24) is 0 Å². The van der Waals surface area contributed by atoms with E-state index in [9.17, 15) is 10.1 Å². The lowest BCUT2D eigenvalue weighted by atomic mass is 9.87. The van der Waals surface area contributed by atoms with E-state index < -0.39 is 5.41 Å². The van der Waals surface area contributed by atoms with Gasteiger partial charge in [-0.1, -0.05) is 24.4 Å². The summed E-state index contributed by atoms with van der Waals surface area (Å²) in [4.78, 5) is 12.5. The van der Waals surface area contributed by atoms with Crippen molar-refractivity contribution in [1.29, 1.82) is 5.26 Å². The molecule has 0 bridgehead atoms. The molecule has 0 unspecified atom stereocenters. The minimum absolute atomic E-state index is 0.288. The molecule has 5 nitrogen and oxygen atoms in total. The van der Waals surface area contributed by atoms with Gasteiger partial charge in [-0.15, -0.1) is 0 Å². The summed E-state index contributed by atoms with van der Waals surface area (Å²) in [6, 6.07) is 5.49. The molecule has 1 saturated carbocycles. The molecule has 0 atom stereocenters. The SMILES string of the molecule is N#CC1(C(=O)Nc2cc3c(cc2Cl)OCCCO3)CCCC1. The largest absolute Gasteiger partial charge is 0.490 e. The van der Waals surface area contributed by atoms with Crippen LogP contribution >= 0.6 is 11.6 Å². The molecule has 0 radical (unpaired) electrons.